The van der Waals surface area contributed by atoms with Crippen molar-refractivity contribution < 1.29 is 0 Å². The standard InChI is InChI=1S/C30H44N2.C11H16.C5H7N.C2H6/c1-4-5-8-13-22(2)26-18-20-28(31-26)30(25-16-11-7-12-17-25)29-21-19-27(32-29)23(3)24-14-9-6-10-15-24;1-9-7-8-11(9)10-5-3-2-4-6-10;1-5-3-2-4-6-5;1-2/h18-22,24-25,31H,3-17H2,1-2H3;7-8,10-11H,1-6H2;2-3,6H,1,4H2;1-2H3/b30-29-;;;. The van der Waals surface area contributed by atoms with E-state index in [1.54, 1.807) is 0 Å². The molecule has 2 unspecified atom stereocenters. The van der Waals surface area contributed by atoms with Crippen molar-refractivity contribution in [2.45, 2.75) is 156 Å². The molecule has 51 heavy (non-hydrogen) atoms. The Bertz CT molecular complexity index is 1390. The topological polar surface area (TPSA) is 40.2 Å². The van der Waals surface area contributed by atoms with Gasteiger partial charge in [0.15, 0.2) is 0 Å². The molecular weight excluding hydrogens is 619 g/mol. The summed E-state index contributed by atoms with van der Waals surface area (Å²) in [4.78, 5) is 9.03. The van der Waals surface area contributed by atoms with E-state index >= 15 is 0 Å². The molecule has 7 rings (SSSR count). The van der Waals surface area contributed by atoms with Gasteiger partial charge in [0.05, 0.1) is 11.4 Å². The summed E-state index contributed by atoms with van der Waals surface area (Å²) in [5, 5.41) is 3.01. The molecule has 1 aromatic rings. The molecule has 1 aromatic heterocycles. The summed E-state index contributed by atoms with van der Waals surface area (Å²) in [5.41, 5.74) is 10.2. The van der Waals surface area contributed by atoms with Gasteiger partial charge >= 0.3 is 0 Å². The van der Waals surface area contributed by atoms with Gasteiger partial charge in [-0.1, -0.05) is 143 Å². The van der Waals surface area contributed by atoms with E-state index in [1.807, 2.05) is 26.0 Å². The zero-order valence-electron chi connectivity index (χ0n) is 33.2. The lowest BCUT2D eigenvalue weighted by Crippen LogP contribution is -2.21. The van der Waals surface area contributed by atoms with Crippen molar-refractivity contribution >= 4 is 11.3 Å². The first-order valence-electron chi connectivity index (χ1n) is 21.3. The van der Waals surface area contributed by atoms with Crippen LogP contribution in [0.2, 0.25) is 0 Å². The average molecular weight is 692 g/mol. The highest BCUT2D eigenvalue weighted by Crippen LogP contribution is 2.41. The first-order chi connectivity index (χ1) is 24.9. The number of aromatic amines is 1. The van der Waals surface area contributed by atoms with Gasteiger partial charge in [0.1, 0.15) is 0 Å². The third kappa shape index (κ3) is 12.3. The number of rotatable bonds is 10. The molecule has 3 fully saturated rings. The predicted molar refractivity (Wildman–Crippen MR) is 225 cm³/mol. The number of unbranched alkanes of at least 4 members (excludes halogenated alkanes) is 2. The van der Waals surface area contributed by atoms with Crippen LogP contribution in [0.25, 0.3) is 5.57 Å². The maximum atomic E-state index is 5.20. The highest BCUT2D eigenvalue weighted by Gasteiger charge is 2.28. The maximum Gasteiger partial charge on any atom is 0.0693 e. The van der Waals surface area contributed by atoms with Gasteiger partial charge in [-0.3, -0.25) is 0 Å². The van der Waals surface area contributed by atoms with Gasteiger partial charge in [-0.05, 0) is 110 Å². The van der Waals surface area contributed by atoms with E-state index in [2.05, 4.69) is 80.3 Å². The minimum absolute atomic E-state index is 0.595. The molecule has 3 saturated carbocycles. The van der Waals surface area contributed by atoms with E-state index in [1.165, 1.54) is 156 Å². The number of aliphatic imine (C=N–C) groups is 1. The van der Waals surface area contributed by atoms with E-state index in [0.717, 1.165) is 29.8 Å². The Labute approximate surface area is 313 Å². The molecular formula is C48H73N3. The van der Waals surface area contributed by atoms with E-state index in [0.29, 0.717) is 17.8 Å². The summed E-state index contributed by atoms with van der Waals surface area (Å²) in [5.74, 6) is 3.55. The number of hydrogen-bond acceptors (Lipinski definition) is 2. The molecule has 0 amide bonds. The Kier molecular flexibility index (Phi) is 17.6. The van der Waals surface area contributed by atoms with Crippen molar-refractivity contribution in [3.63, 3.8) is 0 Å². The number of allylic oxidation sites excluding steroid dienone is 8. The first-order valence-corrected chi connectivity index (χ1v) is 21.3. The summed E-state index contributed by atoms with van der Waals surface area (Å²) < 4.78 is 0. The van der Waals surface area contributed by atoms with Crippen LogP contribution in [0.15, 0.2) is 95.9 Å². The van der Waals surface area contributed by atoms with E-state index in [9.17, 15) is 0 Å². The molecule has 0 saturated heterocycles. The van der Waals surface area contributed by atoms with Crippen molar-refractivity contribution in [2.24, 2.45) is 28.7 Å². The monoisotopic (exact) mass is 692 g/mol. The Morgan fingerprint density at radius 2 is 1.45 bits per heavy atom. The van der Waals surface area contributed by atoms with Gasteiger partial charge in [0.25, 0.3) is 0 Å². The third-order valence-electron chi connectivity index (χ3n) is 12.0. The van der Waals surface area contributed by atoms with Crippen LogP contribution in [-0.4, -0.2) is 17.2 Å². The van der Waals surface area contributed by atoms with Gasteiger partial charge in [-0.25, -0.2) is 4.99 Å². The quantitative estimate of drug-likeness (QED) is 0.236. The fraction of sp³-hybridized carbons (Fsp3) is 0.604. The van der Waals surface area contributed by atoms with Crippen LogP contribution >= 0.6 is 0 Å². The van der Waals surface area contributed by atoms with Crippen molar-refractivity contribution in [2.75, 3.05) is 6.54 Å². The summed E-state index contributed by atoms with van der Waals surface area (Å²) in [7, 11) is 0. The fourth-order valence-corrected chi connectivity index (χ4v) is 8.77. The molecule has 3 heterocycles. The van der Waals surface area contributed by atoms with Crippen molar-refractivity contribution in [3.05, 3.63) is 102 Å². The van der Waals surface area contributed by atoms with Gasteiger partial charge < -0.3 is 10.3 Å². The molecule has 3 nitrogen and oxygen atoms in total. The molecule has 0 spiro atoms. The number of nitrogens with zero attached hydrogens (tertiary/aromatic N) is 1. The summed E-state index contributed by atoms with van der Waals surface area (Å²) in [6.07, 6.45) is 38.8. The Morgan fingerprint density at radius 1 is 0.804 bits per heavy atom. The normalized spacial score (nSPS) is 23.5. The molecule has 280 valence electrons. The minimum Gasteiger partial charge on any atom is -0.382 e. The molecule has 0 aromatic carbocycles. The summed E-state index contributed by atoms with van der Waals surface area (Å²) in [6.45, 7) is 21.8. The fourth-order valence-electron chi connectivity index (χ4n) is 8.77. The Hall–Kier alpha value is -3.07. The van der Waals surface area contributed by atoms with E-state index in [4.69, 9.17) is 4.99 Å². The molecule has 2 N–H and O–H groups in total. The molecule has 4 aliphatic carbocycles. The molecule has 6 aliphatic rings. The smallest absolute Gasteiger partial charge is 0.0693 e. The van der Waals surface area contributed by atoms with Crippen molar-refractivity contribution in [1.29, 1.82) is 0 Å². The number of H-pyrrole nitrogens is 1. The lowest BCUT2D eigenvalue weighted by atomic mass is 9.72. The average Bonchev–Trinajstić information content (AvgIpc) is 3.97. The Morgan fingerprint density at radius 3 is 1.98 bits per heavy atom. The minimum atomic E-state index is 0.595. The molecule has 2 aliphatic heterocycles. The largest absolute Gasteiger partial charge is 0.382 e. The highest BCUT2D eigenvalue weighted by atomic mass is 14.9. The van der Waals surface area contributed by atoms with Crippen LogP contribution in [0.4, 0.5) is 0 Å². The van der Waals surface area contributed by atoms with Crippen LogP contribution in [0, 0.1) is 23.7 Å². The number of hydrogen-bond donors (Lipinski definition) is 2. The van der Waals surface area contributed by atoms with Crippen molar-refractivity contribution in [3.8, 4) is 0 Å². The zero-order valence-corrected chi connectivity index (χ0v) is 33.2. The van der Waals surface area contributed by atoms with Crippen LogP contribution in [0.3, 0.4) is 0 Å². The number of aromatic nitrogens is 1. The summed E-state index contributed by atoms with van der Waals surface area (Å²) >= 11 is 0. The molecule has 3 heteroatoms. The Balaban J connectivity index is 0.000000248. The van der Waals surface area contributed by atoms with Crippen LogP contribution in [-0.2, 0) is 0 Å². The van der Waals surface area contributed by atoms with Gasteiger partial charge in [0.2, 0.25) is 0 Å². The van der Waals surface area contributed by atoms with Crippen LogP contribution in [0.5, 0.6) is 0 Å². The lowest BCUT2D eigenvalue weighted by molar-refractivity contribution is 0.305. The van der Waals surface area contributed by atoms with Crippen LogP contribution in [0.1, 0.15) is 167 Å². The second kappa shape index (κ2) is 22.1. The molecule has 0 radical (unpaired) electrons. The second-order valence-corrected chi connectivity index (χ2v) is 15.7. The molecule has 2 atom stereocenters. The first kappa shape index (κ1) is 40.7. The second-order valence-electron chi connectivity index (χ2n) is 15.7. The maximum absolute atomic E-state index is 5.20. The van der Waals surface area contributed by atoms with Crippen molar-refractivity contribution in [1.82, 2.24) is 10.3 Å². The summed E-state index contributed by atoms with van der Waals surface area (Å²) in [6, 6.07) is 4.67. The van der Waals surface area contributed by atoms with Gasteiger partial charge in [-0.2, -0.15) is 0 Å². The zero-order chi connectivity index (χ0) is 36.4. The predicted octanol–water partition coefficient (Wildman–Crippen LogP) is 14.1. The SMILES string of the molecule is C=C(C1=N/C(=C(\c2ccc(C(C)CCCCC)[nH]2)C2CCCCC2)C=C1)C1CCCCC1.C=C1C=CC1C1CCCCC1.C=C1C=CCN1.CC. The lowest BCUT2D eigenvalue weighted by Gasteiger charge is -2.33. The van der Waals surface area contributed by atoms with Gasteiger partial charge in [-0.15, -0.1) is 0 Å². The molecule has 0 bridgehead atoms. The number of nitrogens with one attached hydrogen (secondary N) is 2. The highest BCUT2D eigenvalue weighted by molar-refractivity contribution is 6.11. The third-order valence-corrected chi connectivity index (χ3v) is 12.0. The van der Waals surface area contributed by atoms with Gasteiger partial charge in [0, 0.05) is 35.1 Å². The van der Waals surface area contributed by atoms with Crippen LogP contribution < -0.4 is 5.32 Å². The van der Waals surface area contributed by atoms with E-state index in [-0.39, 0.29) is 0 Å². The van der Waals surface area contributed by atoms with E-state index < -0.39 is 0 Å².